The molecule has 0 aliphatic rings. The predicted octanol–water partition coefficient (Wildman–Crippen LogP) is -0.594. The lowest BCUT2D eigenvalue weighted by molar-refractivity contribution is -0.146. The second-order valence-electron chi connectivity index (χ2n) is 4.20. The van der Waals surface area contributed by atoms with E-state index in [1.165, 1.54) is 0 Å². The van der Waals surface area contributed by atoms with Crippen LogP contribution in [0.5, 0.6) is 0 Å². The van der Waals surface area contributed by atoms with E-state index < -0.39 is 18.1 Å². The molecule has 106 valence electrons. The smallest absolute Gasteiger partial charge is 0.332 e. The molecule has 0 aromatic carbocycles. The van der Waals surface area contributed by atoms with Gasteiger partial charge in [-0.3, -0.25) is 0 Å². The number of rotatable bonds is 7. The van der Waals surface area contributed by atoms with Crippen LogP contribution in [0.2, 0.25) is 0 Å². The molecular formula is C11H18N4O4. The zero-order valence-electron chi connectivity index (χ0n) is 10.6. The Morgan fingerprint density at radius 2 is 2.21 bits per heavy atom. The molecule has 8 nitrogen and oxygen atoms in total. The van der Waals surface area contributed by atoms with Crippen molar-refractivity contribution in [3.63, 3.8) is 0 Å². The number of aliphatic hydroxyl groups is 1. The van der Waals surface area contributed by atoms with Crippen LogP contribution in [0.4, 0.5) is 4.79 Å². The molecule has 1 heterocycles. The fourth-order valence-electron chi connectivity index (χ4n) is 1.48. The summed E-state index contributed by atoms with van der Waals surface area (Å²) in [5.74, 6) is -1.30. The normalized spacial score (nSPS) is 13.6. The van der Waals surface area contributed by atoms with Crippen molar-refractivity contribution in [3.8, 4) is 0 Å². The van der Waals surface area contributed by atoms with Crippen molar-refractivity contribution >= 4 is 12.0 Å². The largest absolute Gasteiger partial charge is 0.479 e. The molecule has 1 aromatic heterocycles. The number of carbonyl (C=O) groups is 2. The monoisotopic (exact) mass is 270 g/mol. The van der Waals surface area contributed by atoms with Crippen LogP contribution in [0.1, 0.15) is 13.3 Å². The first kappa shape index (κ1) is 15.0. The molecule has 0 aliphatic heterocycles. The standard InChI is InChI=1S/C11H18N4O4/c1-8(6-15-5-4-12-7-15)14-11(19)13-3-2-9(16)10(17)18/h4-5,7-9,16H,2-3,6H2,1H3,(H,17,18)(H2,13,14,19)/t8?,9-/m0/s1. The van der Waals surface area contributed by atoms with Crippen LogP contribution in [-0.4, -0.2) is 50.5 Å². The van der Waals surface area contributed by atoms with Gasteiger partial charge in [0.15, 0.2) is 6.10 Å². The second kappa shape index (κ2) is 7.37. The Morgan fingerprint density at radius 3 is 2.79 bits per heavy atom. The molecule has 2 atom stereocenters. The van der Waals surface area contributed by atoms with Gasteiger partial charge in [0.1, 0.15) is 0 Å². The third-order valence-corrected chi connectivity index (χ3v) is 2.41. The van der Waals surface area contributed by atoms with Crippen molar-refractivity contribution in [2.45, 2.75) is 32.0 Å². The highest BCUT2D eigenvalue weighted by Crippen LogP contribution is 1.92. The number of carboxylic acid groups (broad SMARTS) is 1. The first-order valence-electron chi connectivity index (χ1n) is 5.90. The first-order valence-corrected chi connectivity index (χ1v) is 5.90. The summed E-state index contributed by atoms with van der Waals surface area (Å²) in [6, 6.07) is -0.496. The van der Waals surface area contributed by atoms with Gasteiger partial charge in [0.05, 0.1) is 6.33 Å². The van der Waals surface area contributed by atoms with Gasteiger partial charge in [0.25, 0.3) is 0 Å². The van der Waals surface area contributed by atoms with Crippen LogP contribution in [-0.2, 0) is 11.3 Å². The molecule has 1 unspecified atom stereocenters. The Balaban J connectivity index is 2.18. The van der Waals surface area contributed by atoms with Crippen LogP contribution in [0.15, 0.2) is 18.7 Å². The van der Waals surface area contributed by atoms with Crippen molar-refractivity contribution < 1.29 is 19.8 Å². The number of hydrogen-bond acceptors (Lipinski definition) is 4. The van der Waals surface area contributed by atoms with Crippen molar-refractivity contribution in [2.75, 3.05) is 6.54 Å². The fraction of sp³-hybridized carbons (Fsp3) is 0.545. The summed E-state index contributed by atoms with van der Waals surface area (Å²) >= 11 is 0. The lowest BCUT2D eigenvalue weighted by Crippen LogP contribution is -2.43. The summed E-state index contributed by atoms with van der Waals surface area (Å²) in [7, 11) is 0. The number of aliphatic hydroxyl groups excluding tert-OH is 1. The molecule has 2 amide bonds. The molecule has 0 fully saturated rings. The van der Waals surface area contributed by atoms with Gasteiger partial charge >= 0.3 is 12.0 Å². The number of imidazole rings is 1. The average molecular weight is 270 g/mol. The average Bonchev–Trinajstić information content (AvgIpc) is 2.81. The minimum atomic E-state index is -1.45. The Morgan fingerprint density at radius 1 is 1.47 bits per heavy atom. The Labute approximate surface area is 110 Å². The van der Waals surface area contributed by atoms with Gasteiger partial charge < -0.3 is 25.4 Å². The van der Waals surface area contributed by atoms with Crippen LogP contribution >= 0.6 is 0 Å². The van der Waals surface area contributed by atoms with Crippen molar-refractivity contribution in [1.29, 1.82) is 0 Å². The minimum Gasteiger partial charge on any atom is -0.479 e. The number of aliphatic carboxylic acids is 1. The minimum absolute atomic E-state index is 0.0291. The van der Waals surface area contributed by atoms with Crippen LogP contribution < -0.4 is 10.6 Å². The van der Waals surface area contributed by atoms with E-state index in [4.69, 9.17) is 10.2 Å². The quantitative estimate of drug-likeness (QED) is 0.528. The second-order valence-corrected chi connectivity index (χ2v) is 4.20. The number of hydrogen-bond donors (Lipinski definition) is 4. The van der Waals surface area contributed by atoms with E-state index in [1.54, 1.807) is 18.7 Å². The molecule has 0 saturated heterocycles. The van der Waals surface area contributed by atoms with Crippen molar-refractivity contribution in [2.24, 2.45) is 0 Å². The number of nitrogens with zero attached hydrogens (tertiary/aromatic N) is 2. The zero-order valence-corrected chi connectivity index (χ0v) is 10.6. The molecule has 8 heteroatoms. The van der Waals surface area contributed by atoms with E-state index in [-0.39, 0.29) is 19.0 Å². The Bertz CT molecular complexity index is 407. The summed E-state index contributed by atoms with van der Waals surface area (Å²) in [6.45, 7) is 2.52. The van der Waals surface area contributed by atoms with Crippen LogP contribution in [0, 0.1) is 0 Å². The summed E-state index contributed by atoms with van der Waals surface area (Å²) in [5, 5.41) is 22.6. The summed E-state index contributed by atoms with van der Waals surface area (Å²) < 4.78 is 1.83. The molecule has 0 radical (unpaired) electrons. The number of carbonyl (C=O) groups excluding carboxylic acids is 1. The van der Waals surface area contributed by atoms with Crippen LogP contribution in [0.25, 0.3) is 0 Å². The van der Waals surface area contributed by atoms with Gasteiger partial charge in [0, 0.05) is 37.9 Å². The van der Waals surface area contributed by atoms with Gasteiger partial charge in [-0.05, 0) is 6.92 Å². The lowest BCUT2D eigenvalue weighted by Gasteiger charge is -2.15. The maximum Gasteiger partial charge on any atom is 0.332 e. The fourth-order valence-corrected chi connectivity index (χ4v) is 1.48. The molecule has 0 bridgehead atoms. The third-order valence-electron chi connectivity index (χ3n) is 2.41. The predicted molar refractivity (Wildman–Crippen MR) is 66.5 cm³/mol. The Hall–Kier alpha value is -2.09. The zero-order chi connectivity index (χ0) is 14.3. The van der Waals surface area contributed by atoms with Gasteiger partial charge in [-0.25, -0.2) is 14.6 Å². The first-order chi connectivity index (χ1) is 8.99. The number of urea groups is 1. The van der Waals surface area contributed by atoms with Crippen molar-refractivity contribution in [1.82, 2.24) is 20.2 Å². The number of carboxylic acids is 1. The van der Waals surface area contributed by atoms with Gasteiger partial charge in [-0.1, -0.05) is 0 Å². The molecule has 1 rings (SSSR count). The maximum absolute atomic E-state index is 11.5. The number of nitrogens with one attached hydrogen (secondary N) is 2. The third kappa shape index (κ3) is 5.87. The lowest BCUT2D eigenvalue weighted by atomic mass is 10.2. The van der Waals surface area contributed by atoms with E-state index in [9.17, 15) is 9.59 Å². The van der Waals surface area contributed by atoms with E-state index in [0.29, 0.717) is 6.54 Å². The molecule has 4 N–H and O–H groups in total. The maximum atomic E-state index is 11.5. The highest BCUT2D eigenvalue weighted by atomic mass is 16.4. The Kier molecular flexibility index (Phi) is 5.80. The SMILES string of the molecule is CC(Cn1ccnc1)NC(=O)NCC[C@H](O)C(=O)O. The molecular weight excluding hydrogens is 252 g/mol. The summed E-state index contributed by atoms with van der Waals surface area (Å²) in [5.41, 5.74) is 0. The van der Waals surface area contributed by atoms with E-state index in [2.05, 4.69) is 15.6 Å². The van der Waals surface area contributed by atoms with Crippen molar-refractivity contribution in [3.05, 3.63) is 18.7 Å². The van der Waals surface area contributed by atoms with E-state index in [0.717, 1.165) is 0 Å². The number of amides is 2. The van der Waals surface area contributed by atoms with Gasteiger partial charge in [-0.15, -0.1) is 0 Å². The topological polar surface area (TPSA) is 116 Å². The molecule has 1 aromatic rings. The molecule has 0 aliphatic carbocycles. The molecule has 0 saturated carbocycles. The van der Waals surface area contributed by atoms with E-state index in [1.807, 2.05) is 11.5 Å². The summed E-state index contributed by atoms with van der Waals surface area (Å²) in [4.78, 5) is 25.7. The van der Waals surface area contributed by atoms with Gasteiger partial charge in [-0.2, -0.15) is 0 Å². The molecule has 0 spiro atoms. The highest BCUT2D eigenvalue weighted by Gasteiger charge is 2.13. The number of aromatic nitrogens is 2. The summed E-state index contributed by atoms with van der Waals surface area (Å²) in [6.07, 6.45) is 3.61. The molecule has 19 heavy (non-hydrogen) atoms. The van der Waals surface area contributed by atoms with Crippen LogP contribution in [0.3, 0.4) is 0 Å². The highest BCUT2D eigenvalue weighted by molar-refractivity contribution is 5.74. The van der Waals surface area contributed by atoms with Gasteiger partial charge in [0.2, 0.25) is 0 Å². The van der Waals surface area contributed by atoms with E-state index >= 15 is 0 Å².